The molecule has 84 valence electrons. The molecule has 0 fully saturated rings. The Bertz CT molecular complexity index is 257. The molecule has 1 N–H and O–H groups in total. The second-order valence-corrected chi connectivity index (χ2v) is 3.01. The lowest BCUT2D eigenvalue weighted by Crippen LogP contribution is -1.91. The van der Waals surface area contributed by atoms with E-state index in [1.165, 1.54) is 0 Å². The number of carbonyl (C=O) groups is 1. The molecule has 0 aliphatic heterocycles. The third-order valence-corrected chi connectivity index (χ3v) is 1.72. The lowest BCUT2D eigenvalue weighted by molar-refractivity contribution is -0.137. The minimum atomic E-state index is -0.693. The average Bonchev–Trinajstić information content (AvgIpc) is 2.28. The Balaban J connectivity index is 0.000000265. The number of para-hydroxylation sites is 1. The highest BCUT2D eigenvalue weighted by Crippen LogP contribution is 2.05. The highest BCUT2D eigenvalue weighted by molar-refractivity contribution is 5.66. The van der Waals surface area contributed by atoms with Crippen molar-refractivity contribution < 1.29 is 14.6 Å². The first kappa shape index (κ1) is 13.5. The standard InChI is InChI=1S/C7H8O.C5H10O2/c1-8-7-5-3-2-4-6-7;1-2-3-4-5(6)7/h2-6H,1H3;2-4H2,1H3,(H,6,7). The summed E-state index contributed by atoms with van der Waals surface area (Å²) in [6, 6.07) is 9.68. The molecule has 0 bridgehead atoms. The van der Waals surface area contributed by atoms with Crippen LogP contribution in [-0.4, -0.2) is 18.2 Å². The van der Waals surface area contributed by atoms with Crippen LogP contribution in [0.3, 0.4) is 0 Å². The molecule has 1 aromatic rings. The first-order chi connectivity index (χ1) is 7.20. The zero-order chi connectivity index (χ0) is 11.5. The van der Waals surface area contributed by atoms with E-state index in [1.54, 1.807) is 7.11 Å². The number of carboxylic acids is 1. The van der Waals surface area contributed by atoms with Crippen molar-refractivity contribution in [1.29, 1.82) is 0 Å². The minimum Gasteiger partial charge on any atom is -0.497 e. The molecule has 0 atom stereocenters. The van der Waals surface area contributed by atoms with E-state index >= 15 is 0 Å². The lowest BCUT2D eigenvalue weighted by atomic mass is 10.3. The maximum atomic E-state index is 9.76. The summed E-state index contributed by atoms with van der Waals surface area (Å²) in [5.74, 6) is 0.217. The van der Waals surface area contributed by atoms with Crippen LogP contribution in [0.25, 0.3) is 0 Å². The third-order valence-electron chi connectivity index (χ3n) is 1.72. The molecular weight excluding hydrogens is 192 g/mol. The van der Waals surface area contributed by atoms with Gasteiger partial charge in [-0.05, 0) is 18.6 Å². The zero-order valence-electron chi connectivity index (χ0n) is 9.27. The molecule has 0 spiro atoms. The van der Waals surface area contributed by atoms with Crippen LogP contribution in [0.15, 0.2) is 30.3 Å². The Morgan fingerprint density at radius 1 is 1.33 bits per heavy atom. The molecule has 1 rings (SSSR count). The summed E-state index contributed by atoms with van der Waals surface area (Å²) in [6.45, 7) is 1.98. The van der Waals surface area contributed by atoms with Crippen LogP contribution < -0.4 is 4.74 Å². The predicted octanol–water partition coefficient (Wildman–Crippen LogP) is 2.96. The second-order valence-electron chi connectivity index (χ2n) is 3.01. The van der Waals surface area contributed by atoms with Crippen LogP contribution in [0.2, 0.25) is 0 Å². The molecule has 0 radical (unpaired) electrons. The number of hydrogen-bond donors (Lipinski definition) is 1. The number of rotatable bonds is 4. The van der Waals surface area contributed by atoms with Gasteiger partial charge >= 0.3 is 5.97 Å². The maximum Gasteiger partial charge on any atom is 0.303 e. The molecule has 0 aliphatic rings. The molecule has 1 aromatic carbocycles. The van der Waals surface area contributed by atoms with Gasteiger partial charge in [0.25, 0.3) is 0 Å². The normalized spacial score (nSPS) is 8.67. The van der Waals surface area contributed by atoms with Crippen molar-refractivity contribution >= 4 is 5.97 Å². The summed E-state index contributed by atoms with van der Waals surface area (Å²) >= 11 is 0. The van der Waals surface area contributed by atoms with E-state index in [2.05, 4.69) is 0 Å². The van der Waals surface area contributed by atoms with Crippen LogP contribution in [0.4, 0.5) is 0 Å². The summed E-state index contributed by atoms with van der Waals surface area (Å²) in [4.78, 5) is 9.76. The Kier molecular flexibility index (Phi) is 8.15. The largest absolute Gasteiger partial charge is 0.497 e. The topological polar surface area (TPSA) is 46.5 Å². The smallest absolute Gasteiger partial charge is 0.303 e. The third kappa shape index (κ3) is 8.81. The number of aliphatic carboxylic acids is 1. The van der Waals surface area contributed by atoms with Crippen LogP contribution >= 0.6 is 0 Å². The van der Waals surface area contributed by atoms with E-state index in [0.29, 0.717) is 6.42 Å². The Morgan fingerprint density at radius 2 is 1.93 bits per heavy atom. The van der Waals surface area contributed by atoms with Crippen LogP contribution in [0.5, 0.6) is 5.75 Å². The summed E-state index contributed by atoms with van der Waals surface area (Å²) in [5.41, 5.74) is 0. The van der Waals surface area contributed by atoms with Gasteiger partial charge in [-0.1, -0.05) is 31.5 Å². The van der Waals surface area contributed by atoms with Crippen molar-refractivity contribution in [2.24, 2.45) is 0 Å². The summed E-state index contributed by atoms with van der Waals surface area (Å²) < 4.78 is 4.91. The van der Waals surface area contributed by atoms with Crippen molar-refractivity contribution in [2.45, 2.75) is 26.2 Å². The number of unbranched alkanes of at least 4 members (excludes halogenated alkanes) is 1. The van der Waals surface area contributed by atoms with E-state index in [-0.39, 0.29) is 0 Å². The summed E-state index contributed by atoms with van der Waals surface area (Å²) in [7, 11) is 1.66. The quantitative estimate of drug-likeness (QED) is 0.831. The lowest BCUT2D eigenvalue weighted by Gasteiger charge is -1.93. The monoisotopic (exact) mass is 210 g/mol. The van der Waals surface area contributed by atoms with Gasteiger partial charge in [0.1, 0.15) is 5.75 Å². The SMILES string of the molecule is CCCCC(=O)O.COc1ccccc1. The fourth-order valence-electron chi connectivity index (χ4n) is 0.885. The van der Waals surface area contributed by atoms with E-state index in [4.69, 9.17) is 9.84 Å². The molecule has 3 nitrogen and oxygen atoms in total. The van der Waals surface area contributed by atoms with Gasteiger partial charge in [-0.3, -0.25) is 4.79 Å². The van der Waals surface area contributed by atoms with Gasteiger partial charge < -0.3 is 9.84 Å². The Morgan fingerprint density at radius 3 is 2.20 bits per heavy atom. The fraction of sp³-hybridized carbons (Fsp3) is 0.417. The van der Waals surface area contributed by atoms with Crippen molar-refractivity contribution in [3.8, 4) is 5.75 Å². The van der Waals surface area contributed by atoms with Gasteiger partial charge in [0, 0.05) is 6.42 Å². The molecule has 0 aromatic heterocycles. The molecule has 0 unspecified atom stereocenters. The Labute approximate surface area is 90.7 Å². The van der Waals surface area contributed by atoms with Gasteiger partial charge in [-0.15, -0.1) is 0 Å². The maximum absolute atomic E-state index is 9.76. The van der Waals surface area contributed by atoms with E-state index in [0.717, 1.165) is 18.6 Å². The molecular formula is C12H18O3. The molecule has 15 heavy (non-hydrogen) atoms. The molecule has 3 heteroatoms. The number of methoxy groups -OCH3 is 1. The predicted molar refractivity (Wildman–Crippen MR) is 60.2 cm³/mol. The highest BCUT2D eigenvalue weighted by atomic mass is 16.5. The zero-order valence-corrected chi connectivity index (χ0v) is 9.27. The molecule has 0 saturated carbocycles. The Hall–Kier alpha value is -1.51. The number of hydrogen-bond acceptors (Lipinski definition) is 2. The van der Waals surface area contributed by atoms with Gasteiger partial charge in [-0.2, -0.15) is 0 Å². The minimum absolute atomic E-state index is 0.316. The number of ether oxygens (including phenoxy) is 1. The summed E-state index contributed by atoms with van der Waals surface area (Å²) in [5, 5.41) is 8.04. The second kappa shape index (κ2) is 9.06. The highest BCUT2D eigenvalue weighted by Gasteiger charge is 1.90. The van der Waals surface area contributed by atoms with E-state index in [9.17, 15) is 4.79 Å². The fourth-order valence-corrected chi connectivity index (χ4v) is 0.885. The summed E-state index contributed by atoms with van der Waals surface area (Å²) in [6.07, 6.45) is 2.08. The number of benzene rings is 1. The average molecular weight is 210 g/mol. The van der Waals surface area contributed by atoms with Crippen molar-refractivity contribution in [2.75, 3.05) is 7.11 Å². The van der Waals surface area contributed by atoms with Gasteiger partial charge in [0.15, 0.2) is 0 Å². The van der Waals surface area contributed by atoms with Crippen LogP contribution in [0, 0.1) is 0 Å². The van der Waals surface area contributed by atoms with Crippen molar-refractivity contribution in [3.63, 3.8) is 0 Å². The van der Waals surface area contributed by atoms with E-state index in [1.807, 2.05) is 37.3 Å². The first-order valence-corrected chi connectivity index (χ1v) is 5.01. The van der Waals surface area contributed by atoms with Gasteiger partial charge in [0.2, 0.25) is 0 Å². The van der Waals surface area contributed by atoms with E-state index < -0.39 is 5.97 Å². The molecule has 0 heterocycles. The first-order valence-electron chi connectivity index (χ1n) is 5.01. The van der Waals surface area contributed by atoms with Crippen LogP contribution in [0.1, 0.15) is 26.2 Å². The van der Waals surface area contributed by atoms with Gasteiger partial charge in [0.05, 0.1) is 7.11 Å². The van der Waals surface area contributed by atoms with Crippen LogP contribution in [-0.2, 0) is 4.79 Å². The number of carboxylic acid groups (broad SMARTS) is 1. The van der Waals surface area contributed by atoms with Crippen molar-refractivity contribution in [3.05, 3.63) is 30.3 Å². The van der Waals surface area contributed by atoms with Crippen molar-refractivity contribution in [1.82, 2.24) is 0 Å². The molecule has 0 amide bonds. The molecule has 0 saturated heterocycles. The molecule has 0 aliphatic carbocycles. The van der Waals surface area contributed by atoms with Gasteiger partial charge in [-0.25, -0.2) is 0 Å².